The van der Waals surface area contributed by atoms with Gasteiger partial charge in [-0.3, -0.25) is 4.79 Å². The van der Waals surface area contributed by atoms with E-state index < -0.39 is 0 Å². The van der Waals surface area contributed by atoms with Gasteiger partial charge in [-0.15, -0.1) is 11.3 Å². The van der Waals surface area contributed by atoms with Crippen molar-refractivity contribution in [2.45, 2.75) is 13.0 Å². The molecule has 0 bridgehead atoms. The summed E-state index contributed by atoms with van der Waals surface area (Å²) in [4.78, 5) is 21.0. The van der Waals surface area contributed by atoms with E-state index in [9.17, 15) is 4.79 Å². The summed E-state index contributed by atoms with van der Waals surface area (Å²) in [5.74, 6) is -0.148. The summed E-state index contributed by atoms with van der Waals surface area (Å²) in [5.41, 5.74) is 0.930. The Morgan fingerprint density at radius 3 is 3.00 bits per heavy atom. The number of thiazole rings is 1. The first-order valence-corrected chi connectivity index (χ1v) is 8.32. The molecular formula is C15H12Cl2N4OS. The van der Waals surface area contributed by atoms with Crippen LogP contribution in [0, 0.1) is 0 Å². The molecule has 23 heavy (non-hydrogen) atoms. The molecule has 1 aromatic carbocycles. The second-order valence-corrected chi connectivity index (χ2v) is 6.71. The molecule has 0 atom stereocenters. The topological polar surface area (TPSA) is 59.8 Å². The zero-order valence-electron chi connectivity index (χ0n) is 11.9. The predicted octanol–water partition coefficient (Wildman–Crippen LogP) is 3.88. The van der Waals surface area contributed by atoms with Crippen molar-refractivity contribution < 1.29 is 4.79 Å². The molecule has 0 aliphatic carbocycles. The molecule has 5 nitrogen and oxygen atoms in total. The van der Waals surface area contributed by atoms with E-state index in [0.717, 1.165) is 10.4 Å². The van der Waals surface area contributed by atoms with E-state index in [1.807, 2.05) is 12.1 Å². The number of hydrogen-bond donors (Lipinski definition) is 1. The van der Waals surface area contributed by atoms with Gasteiger partial charge in [-0.1, -0.05) is 35.3 Å². The summed E-state index contributed by atoms with van der Waals surface area (Å²) >= 11 is 13.6. The summed E-state index contributed by atoms with van der Waals surface area (Å²) in [6.07, 6.45) is 7.30. The summed E-state index contributed by atoms with van der Waals surface area (Å²) in [5, 5.41) is 4.41. The molecule has 118 valence electrons. The second kappa shape index (κ2) is 7.12. The Labute approximate surface area is 146 Å². The molecule has 0 aliphatic heterocycles. The van der Waals surface area contributed by atoms with E-state index in [2.05, 4.69) is 15.3 Å². The standard InChI is InChI=1S/C15H12Cl2N4OS/c16-12-3-1-2-10(14(12)17)6-11-7-19-15(23-11)20-13(22)8-21-5-4-18-9-21/h1-5,7,9H,6,8H2,(H,19,20,22). The third-order valence-corrected chi connectivity index (χ3v) is 4.85. The molecule has 2 heterocycles. The van der Waals surface area contributed by atoms with Crippen LogP contribution in [0.2, 0.25) is 10.0 Å². The average Bonchev–Trinajstić information content (AvgIpc) is 3.16. The fraction of sp³-hybridized carbons (Fsp3) is 0.133. The highest BCUT2D eigenvalue weighted by Gasteiger charge is 2.10. The maximum atomic E-state index is 11.9. The number of carbonyl (C=O) groups excluding carboxylic acids is 1. The summed E-state index contributed by atoms with van der Waals surface area (Å²) < 4.78 is 1.69. The van der Waals surface area contributed by atoms with E-state index in [4.69, 9.17) is 23.2 Å². The molecule has 3 aromatic rings. The van der Waals surface area contributed by atoms with Gasteiger partial charge in [-0.2, -0.15) is 0 Å². The van der Waals surface area contributed by atoms with Crippen molar-refractivity contribution in [1.82, 2.24) is 14.5 Å². The minimum atomic E-state index is -0.148. The number of halogens is 2. The Morgan fingerprint density at radius 1 is 1.35 bits per heavy atom. The first-order chi connectivity index (χ1) is 11.1. The molecule has 3 rings (SSSR count). The Morgan fingerprint density at radius 2 is 2.22 bits per heavy atom. The van der Waals surface area contributed by atoms with Crippen LogP contribution in [0.15, 0.2) is 43.1 Å². The SMILES string of the molecule is O=C(Cn1ccnc1)Nc1ncc(Cc2cccc(Cl)c2Cl)s1. The Bertz CT molecular complexity index is 817. The number of anilines is 1. The minimum Gasteiger partial charge on any atom is -0.328 e. The van der Waals surface area contributed by atoms with Crippen LogP contribution < -0.4 is 5.32 Å². The van der Waals surface area contributed by atoms with Gasteiger partial charge in [0.1, 0.15) is 6.54 Å². The number of hydrogen-bond acceptors (Lipinski definition) is 4. The number of aromatic nitrogens is 3. The average molecular weight is 367 g/mol. The van der Waals surface area contributed by atoms with Gasteiger partial charge in [-0.25, -0.2) is 9.97 Å². The molecule has 0 radical (unpaired) electrons. The van der Waals surface area contributed by atoms with E-state index in [-0.39, 0.29) is 12.5 Å². The highest BCUT2D eigenvalue weighted by molar-refractivity contribution is 7.15. The third-order valence-electron chi connectivity index (χ3n) is 3.08. The van der Waals surface area contributed by atoms with Gasteiger partial charge in [0.05, 0.1) is 16.4 Å². The summed E-state index contributed by atoms with van der Waals surface area (Å²) in [6.45, 7) is 0.203. The molecule has 2 aromatic heterocycles. The van der Waals surface area contributed by atoms with Crippen molar-refractivity contribution in [2.75, 3.05) is 5.32 Å². The molecule has 1 amide bonds. The normalized spacial score (nSPS) is 10.7. The largest absolute Gasteiger partial charge is 0.328 e. The fourth-order valence-electron chi connectivity index (χ4n) is 2.02. The first kappa shape index (κ1) is 16.0. The van der Waals surface area contributed by atoms with Crippen molar-refractivity contribution in [1.29, 1.82) is 0 Å². The highest BCUT2D eigenvalue weighted by atomic mass is 35.5. The number of rotatable bonds is 5. The van der Waals surface area contributed by atoms with Crippen LogP contribution in [-0.2, 0) is 17.8 Å². The zero-order valence-corrected chi connectivity index (χ0v) is 14.2. The first-order valence-electron chi connectivity index (χ1n) is 6.75. The van der Waals surface area contributed by atoms with Gasteiger partial charge in [0, 0.05) is 29.9 Å². The van der Waals surface area contributed by atoms with Crippen molar-refractivity contribution in [3.8, 4) is 0 Å². The maximum Gasteiger partial charge on any atom is 0.246 e. The number of amides is 1. The van der Waals surface area contributed by atoms with Crippen LogP contribution in [0.1, 0.15) is 10.4 Å². The summed E-state index contributed by atoms with van der Waals surface area (Å²) in [6, 6.07) is 5.53. The molecule has 0 fully saturated rings. The van der Waals surface area contributed by atoms with E-state index >= 15 is 0 Å². The number of benzene rings is 1. The third kappa shape index (κ3) is 4.10. The molecule has 0 unspecified atom stereocenters. The van der Waals surface area contributed by atoms with Crippen LogP contribution in [0.4, 0.5) is 5.13 Å². The van der Waals surface area contributed by atoms with Crippen LogP contribution >= 0.6 is 34.5 Å². The lowest BCUT2D eigenvalue weighted by Gasteiger charge is -2.03. The molecule has 0 aliphatic rings. The van der Waals surface area contributed by atoms with Gasteiger partial charge in [-0.05, 0) is 11.6 Å². The van der Waals surface area contributed by atoms with E-state index in [1.165, 1.54) is 11.3 Å². The lowest BCUT2D eigenvalue weighted by molar-refractivity contribution is -0.116. The zero-order chi connectivity index (χ0) is 16.2. The van der Waals surface area contributed by atoms with Crippen molar-refractivity contribution in [3.05, 3.63) is 63.6 Å². The van der Waals surface area contributed by atoms with Crippen molar-refractivity contribution >= 4 is 45.6 Å². The molecule has 0 saturated heterocycles. The summed E-state index contributed by atoms with van der Waals surface area (Å²) in [7, 11) is 0. The molecule has 0 spiro atoms. The van der Waals surface area contributed by atoms with Crippen LogP contribution in [-0.4, -0.2) is 20.4 Å². The molecule has 1 N–H and O–H groups in total. The van der Waals surface area contributed by atoms with E-state index in [1.54, 1.807) is 35.6 Å². The van der Waals surface area contributed by atoms with Crippen LogP contribution in [0.5, 0.6) is 0 Å². The fourth-order valence-corrected chi connectivity index (χ4v) is 3.26. The van der Waals surface area contributed by atoms with Crippen molar-refractivity contribution in [2.24, 2.45) is 0 Å². The predicted molar refractivity (Wildman–Crippen MR) is 92.2 cm³/mol. The van der Waals surface area contributed by atoms with Gasteiger partial charge in [0.15, 0.2) is 5.13 Å². The number of nitrogens with zero attached hydrogens (tertiary/aromatic N) is 3. The van der Waals surface area contributed by atoms with Gasteiger partial charge in [0.2, 0.25) is 5.91 Å². The number of imidazole rings is 1. The smallest absolute Gasteiger partial charge is 0.246 e. The minimum absolute atomic E-state index is 0.148. The van der Waals surface area contributed by atoms with Gasteiger partial charge >= 0.3 is 0 Å². The van der Waals surface area contributed by atoms with E-state index in [0.29, 0.717) is 21.6 Å². The number of carbonyl (C=O) groups is 1. The highest BCUT2D eigenvalue weighted by Crippen LogP contribution is 2.29. The lowest BCUT2D eigenvalue weighted by atomic mass is 10.1. The van der Waals surface area contributed by atoms with Gasteiger partial charge < -0.3 is 9.88 Å². The molecule has 0 saturated carbocycles. The Balaban J connectivity index is 1.64. The molecule has 8 heteroatoms. The van der Waals surface area contributed by atoms with Gasteiger partial charge in [0.25, 0.3) is 0 Å². The monoisotopic (exact) mass is 366 g/mol. The Kier molecular flexibility index (Phi) is 4.95. The Hall–Kier alpha value is -1.89. The van der Waals surface area contributed by atoms with Crippen LogP contribution in [0.25, 0.3) is 0 Å². The maximum absolute atomic E-state index is 11.9. The lowest BCUT2D eigenvalue weighted by Crippen LogP contribution is -2.17. The number of nitrogens with one attached hydrogen (secondary N) is 1. The molecular weight excluding hydrogens is 355 g/mol. The second-order valence-electron chi connectivity index (χ2n) is 4.80. The van der Waals surface area contributed by atoms with Crippen molar-refractivity contribution in [3.63, 3.8) is 0 Å². The quantitative estimate of drug-likeness (QED) is 0.745. The van der Waals surface area contributed by atoms with Crippen LogP contribution in [0.3, 0.4) is 0 Å².